The van der Waals surface area contributed by atoms with Gasteiger partial charge in [-0.05, 0) is 61.5 Å². The van der Waals surface area contributed by atoms with Crippen LogP contribution in [0.1, 0.15) is 36.8 Å². The fourth-order valence-corrected chi connectivity index (χ4v) is 4.96. The summed E-state index contributed by atoms with van der Waals surface area (Å²) in [5.74, 6) is -0.594. The first-order chi connectivity index (χ1) is 14.0. The second-order valence-electron chi connectivity index (χ2n) is 8.01. The van der Waals surface area contributed by atoms with Crippen molar-refractivity contribution in [2.45, 2.75) is 37.6 Å². The zero-order valence-corrected chi connectivity index (χ0v) is 16.9. The van der Waals surface area contributed by atoms with Crippen molar-refractivity contribution in [3.8, 4) is 0 Å². The van der Waals surface area contributed by atoms with Crippen LogP contribution in [-0.4, -0.2) is 29.8 Å². The van der Waals surface area contributed by atoms with Gasteiger partial charge < -0.3 is 0 Å². The molecular weight excluding hydrogens is 391 g/mol. The van der Waals surface area contributed by atoms with Gasteiger partial charge in [0.15, 0.2) is 0 Å². The molecule has 6 heteroatoms. The molecule has 4 rings (SSSR count). The third-order valence-corrected chi connectivity index (χ3v) is 6.67. The van der Waals surface area contributed by atoms with Crippen molar-refractivity contribution < 1.29 is 14.0 Å². The number of benzene rings is 2. The summed E-state index contributed by atoms with van der Waals surface area (Å²) in [5.41, 5.74) is 1.22. The molecule has 2 aliphatic rings. The summed E-state index contributed by atoms with van der Waals surface area (Å²) >= 11 is 5.78. The lowest BCUT2D eigenvalue weighted by Crippen LogP contribution is -2.57. The molecule has 29 heavy (non-hydrogen) atoms. The minimum absolute atomic E-state index is 0.134. The van der Waals surface area contributed by atoms with Crippen LogP contribution in [0.2, 0.25) is 5.02 Å². The number of piperidine rings is 2. The minimum atomic E-state index is -0.659. The van der Waals surface area contributed by atoms with Gasteiger partial charge in [0.2, 0.25) is 11.8 Å². The number of hydrogen-bond acceptors (Lipinski definition) is 3. The van der Waals surface area contributed by atoms with Gasteiger partial charge in [-0.15, -0.1) is 0 Å². The van der Waals surface area contributed by atoms with Crippen molar-refractivity contribution in [3.05, 3.63) is 70.5 Å². The Balaban J connectivity index is 1.50. The number of nitrogens with one attached hydrogen (secondary N) is 1. The van der Waals surface area contributed by atoms with Gasteiger partial charge >= 0.3 is 0 Å². The highest BCUT2D eigenvalue weighted by Gasteiger charge is 2.50. The number of amides is 2. The van der Waals surface area contributed by atoms with Crippen molar-refractivity contribution in [1.82, 2.24) is 10.2 Å². The van der Waals surface area contributed by atoms with Crippen molar-refractivity contribution in [1.29, 1.82) is 0 Å². The van der Waals surface area contributed by atoms with Gasteiger partial charge in [0.1, 0.15) is 5.82 Å². The van der Waals surface area contributed by atoms with Gasteiger partial charge in [-0.2, -0.15) is 0 Å². The number of carbonyl (C=O) groups excluding carboxylic acids is 2. The Kier molecular flexibility index (Phi) is 5.70. The van der Waals surface area contributed by atoms with Crippen LogP contribution in [0.3, 0.4) is 0 Å². The van der Waals surface area contributed by atoms with E-state index in [9.17, 15) is 14.0 Å². The lowest BCUT2D eigenvalue weighted by Gasteiger charge is -2.45. The maximum atomic E-state index is 13.7. The topological polar surface area (TPSA) is 49.4 Å². The van der Waals surface area contributed by atoms with Crippen LogP contribution in [0.15, 0.2) is 48.5 Å². The number of likely N-dealkylation sites (tertiary alicyclic amines) is 1. The second-order valence-corrected chi connectivity index (χ2v) is 8.42. The van der Waals surface area contributed by atoms with E-state index >= 15 is 0 Å². The largest absolute Gasteiger partial charge is 0.299 e. The summed E-state index contributed by atoms with van der Waals surface area (Å²) in [4.78, 5) is 27.2. The highest BCUT2D eigenvalue weighted by atomic mass is 35.5. The second kappa shape index (κ2) is 8.25. The first kappa shape index (κ1) is 20.0. The van der Waals surface area contributed by atoms with E-state index in [4.69, 9.17) is 11.6 Å². The predicted octanol–water partition coefficient (Wildman–Crippen LogP) is 4.07. The molecule has 4 nitrogen and oxygen atoms in total. The Bertz CT molecular complexity index is 912. The first-order valence-corrected chi connectivity index (χ1v) is 10.4. The smallest absolute Gasteiger partial charge is 0.237 e. The Morgan fingerprint density at radius 1 is 1.10 bits per heavy atom. The predicted molar refractivity (Wildman–Crippen MR) is 110 cm³/mol. The molecule has 2 heterocycles. The number of halogens is 2. The molecular formula is C23H24ClFN2O2. The summed E-state index contributed by atoms with van der Waals surface area (Å²) in [5, 5.41) is 2.72. The van der Waals surface area contributed by atoms with Crippen LogP contribution in [0.25, 0.3) is 0 Å². The summed E-state index contributed by atoms with van der Waals surface area (Å²) in [7, 11) is 0. The van der Waals surface area contributed by atoms with E-state index in [1.165, 1.54) is 6.07 Å². The van der Waals surface area contributed by atoms with E-state index in [0.29, 0.717) is 19.4 Å². The summed E-state index contributed by atoms with van der Waals surface area (Å²) < 4.78 is 13.7. The number of hydrogen-bond donors (Lipinski definition) is 1. The zero-order valence-electron chi connectivity index (χ0n) is 16.2. The van der Waals surface area contributed by atoms with Crippen molar-refractivity contribution in [3.63, 3.8) is 0 Å². The van der Waals surface area contributed by atoms with E-state index in [2.05, 4.69) is 10.2 Å². The maximum Gasteiger partial charge on any atom is 0.237 e. The summed E-state index contributed by atoms with van der Waals surface area (Å²) in [6, 6.07) is 14.8. The lowest BCUT2D eigenvalue weighted by atomic mass is 9.62. The molecule has 2 aromatic rings. The lowest BCUT2D eigenvalue weighted by molar-refractivity contribution is -0.140. The van der Waals surface area contributed by atoms with Crippen LogP contribution in [0.4, 0.5) is 4.39 Å². The van der Waals surface area contributed by atoms with E-state index in [0.717, 1.165) is 37.1 Å². The first-order valence-electron chi connectivity index (χ1n) is 10.0. The van der Waals surface area contributed by atoms with Crippen LogP contribution in [0, 0.1) is 11.7 Å². The van der Waals surface area contributed by atoms with Gasteiger partial charge in [0.25, 0.3) is 0 Å². The highest BCUT2D eigenvalue weighted by Crippen LogP contribution is 2.44. The molecule has 0 radical (unpaired) electrons. The normalized spacial score (nSPS) is 23.8. The van der Waals surface area contributed by atoms with Crippen LogP contribution in [-0.2, 0) is 21.5 Å². The molecule has 2 aromatic carbocycles. The molecule has 0 unspecified atom stereocenters. The van der Waals surface area contributed by atoms with Crippen LogP contribution in [0.5, 0.6) is 0 Å². The van der Waals surface area contributed by atoms with Gasteiger partial charge in [-0.25, -0.2) is 4.39 Å². The number of carbonyl (C=O) groups is 2. The Morgan fingerprint density at radius 2 is 1.83 bits per heavy atom. The van der Waals surface area contributed by atoms with Gasteiger partial charge in [0, 0.05) is 13.0 Å². The monoisotopic (exact) mass is 414 g/mol. The third-order valence-electron chi connectivity index (χ3n) is 6.37. The fraction of sp³-hybridized carbons (Fsp3) is 0.391. The van der Waals surface area contributed by atoms with E-state index in [-0.39, 0.29) is 22.8 Å². The average molecular weight is 415 g/mol. The van der Waals surface area contributed by atoms with Crippen LogP contribution >= 0.6 is 11.6 Å². The molecule has 1 atom stereocenters. The SMILES string of the molecule is O=C1CC[C@](c2ccccc2)(C2CCN(Cc3ccc(Cl)c(F)c3)CC2)C(=O)N1. The zero-order chi connectivity index (χ0) is 20.4. The molecule has 0 saturated carbocycles. The molecule has 2 saturated heterocycles. The van der Waals surface area contributed by atoms with Crippen LogP contribution < -0.4 is 5.32 Å². The molecule has 0 aromatic heterocycles. The number of rotatable bonds is 4. The Hall–Kier alpha value is -2.24. The molecule has 152 valence electrons. The molecule has 0 bridgehead atoms. The average Bonchev–Trinajstić information content (AvgIpc) is 2.73. The summed E-state index contributed by atoms with van der Waals surface area (Å²) in [6.07, 6.45) is 2.62. The third kappa shape index (κ3) is 3.94. The Morgan fingerprint density at radius 3 is 2.48 bits per heavy atom. The molecule has 0 aliphatic carbocycles. The van der Waals surface area contributed by atoms with Gasteiger partial charge in [-0.3, -0.25) is 19.8 Å². The fourth-order valence-electron chi connectivity index (χ4n) is 4.84. The molecule has 1 N–H and O–H groups in total. The Labute approximate surface area is 175 Å². The van der Waals surface area contributed by atoms with E-state index < -0.39 is 11.2 Å². The van der Waals surface area contributed by atoms with Crippen molar-refractivity contribution >= 4 is 23.4 Å². The summed E-state index contributed by atoms with van der Waals surface area (Å²) in [6.45, 7) is 2.30. The molecule has 2 aliphatic heterocycles. The van der Waals surface area contributed by atoms with Gasteiger partial charge in [0.05, 0.1) is 10.4 Å². The van der Waals surface area contributed by atoms with Crippen molar-refractivity contribution in [2.24, 2.45) is 5.92 Å². The standard InChI is InChI=1S/C23H24ClFN2O2/c24-19-7-6-16(14-20(19)25)15-27-12-9-18(10-13-27)23(17-4-2-1-3-5-17)11-8-21(28)26-22(23)29/h1-7,14,18H,8-13,15H2,(H,26,28,29)/t23-/m0/s1. The molecule has 2 fully saturated rings. The van der Waals surface area contributed by atoms with Gasteiger partial charge in [-0.1, -0.05) is 48.0 Å². The highest BCUT2D eigenvalue weighted by molar-refractivity contribution is 6.30. The molecule has 0 spiro atoms. The van der Waals surface area contributed by atoms with E-state index in [1.807, 2.05) is 36.4 Å². The van der Waals surface area contributed by atoms with E-state index in [1.54, 1.807) is 6.07 Å². The quantitative estimate of drug-likeness (QED) is 0.767. The van der Waals surface area contributed by atoms with Crippen molar-refractivity contribution in [2.75, 3.05) is 13.1 Å². The number of imide groups is 1. The maximum absolute atomic E-state index is 13.7. The molecule has 2 amide bonds. The number of nitrogens with zero attached hydrogens (tertiary/aromatic N) is 1. The minimum Gasteiger partial charge on any atom is -0.299 e.